The van der Waals surface area contributed by atoms with Crippen molar-refractivity contribution in [2.75, 3.05) is 24.3 Å². The van der Waals surface area contributed by atoms with Crippen molar-refractivity contribution >= 4 is 17.4 Å². The number of aromatic nitrogens is 2. The predicted molar refractivity (Wildman–Crippen MR) is 81.5 cm³/mol. The Morgan fingerprint density at radius 1 is 1.29 bits per heavy atom. The second kappa shape index (κ2) is 6.69. The van der Waals surface area contributed by atoms with Gasteiger partial charge in [-0.1, -0.05) is 18.2 Å². The number of para-hydroxylation sites is 1. The molecule has 1 heterocycles. The highest BCUT2D eigenvalue weighted by Gasteiger charge is 2.17. The molecule has 6 nitrogen and oxygen atoms in total. The molecule has 0 spiro atoms. The van der Waals surface area contributed by atoms with Crippen molar-refractivity contribution in [2.24, 2.45) is 0 Å². The van der Waals surface area contributed by atoms with Crippen LogP contribution in [0.4, 0.5) is 11.5 Å². The van der Waals surface area contributed by atoms with Crippen LogP contribution in [-0.4, -0.2) is 36.1 Å². The van der Waals surface area contributed by atoms with Gasteiger partial charge in [-0.25, -0.2) is 9.97 Å². The van der Waals surface area contributed by atoms with Gasteiger partial charge in [0.15, 0.2) is 11.9 Å². The first-order valence-electron chi connectivity index (χ1n) is 6.58. The number of ether oxygens (including phenoxy) is 1. The van der Waals surface area contributed by atoms with Gasteiger partial charge < -0.3 is 15.0 Å². The molecule has 0 saturated carbocycles. The summed E-state index contributed by atoms with van der Waals surface area (Å²) in [6.45, 7) is 1.70. The van der Waals surface area contributed by atoms with E-state index in [-0.39, 0.29) is 5.91 Å². The zero-order valence-corrected chi connectivity index (χ0v) is 12.3. The number of hydrogen-bond donors (Lipinski definition) is 1. The molecule has 0 aliphatic rings. The van der Waals surface area contributed by atoms with Crippen molar-refractivity contribution in [3.8, 4) is 5.75 Å². The van der Waals surface area contributed by atoms with Crippen molar-refractivity contribution in [1.82, 2.24) is 9.97 Å². The second-order valence-corrected chi connectivity index (χ2v) is 4.72. The van der Waals surface area contributed by atoms with Gasteiger partial charge in [-0.15, -0.1) is 0 Å². The molecule has 0 aliphatic carbocycles. The summed E-state index contributed by atoms with van der Waals surface area (Å²) in [5.41, 5.74) is 0.552. The number of nitrogens with one attached hydrogen (secondary N) is 1. The third-order valence-corrected chi connectivity index (χ3v) is 2.80. The lowest BCUT2D eigenvalue weighted by atomic mass is 10.3. The largest absolute Gasteiger partial charge is 0.481 e. The Kier molecular flexibility index (Phi) is 4.71. The van der Waals surface area contributed by atoms with E-state index in [1.54, 1.807) is 30.2 Å². The summed E-state index contributed by atoms with van der Waals surface area (Å²) >= 11 is 0. The molecular formula is C15H18N4O2. The van der Waals surface area contributed by atoms with E-state index in [1.807, 2.05) is 32.3 Å². The first-order chi connectivity index (χ1) is 10.1. The van der Waals surface area contributed by atoms with E-state index in [4.69, 9.17) is 4.74 Å². The van der Waals surface area contributed by atoms with Gasteiger partial charge in [0.25, 0.3) is 5.91 Å². The number of carbonyl (C=O) groups is 1. The topological polar surface area (TPSA) is 67.3 Å². The first kappa shape index (κ1) is 14.8. The molecular weight excluding hydrogens is 268 g/mol. The van der Waals surface area contributed by atoms with Gasteiger partial charge in [0.05, 0.1) is 6.20 Å². The van der Waals surface area contributed by atoms with Crippen molar-refractivity contribution in [3.05, 3.63) is 42.9 Å². The quantitative estimate of drug-likeness (QED) is 0.910. The molecule has 1 aromatic carbocycles. The highest BCUT2D eigenvalue weighted by Crippen LogP contribution is 2.20. The summed E-state index contributed by atoms with van der Waals surface area (Å²) in [4.78, 5) is 22.1. The highest BCUT2D eigenvalue weighted by molar-refractivity contribution is 5.96. The molecule has 21 heavy (non-hydrogen) atoms. The lowest BCUT2D eigenvalue weighted by Crippen LogP contribution is -2.31. The van der Waals surface area contributed by atoms with Crippen LogP contribution >= 0.6 is 0 Å². The van der Waals surface area contributed by atoms with Gasteiger partial charge in [-0.2, -0.15) is 0 Å². The summed E-state index contributed by atoms with van der Waals surface area (Å²) in [6.07, 6.45) is 2.38. The zero-order chi connectivity index (χ0) is 15.2. The van der Waals surface area contributed by atoms with Crippen LogP contribution < -0.4 is 15.0 Å². The number of rotatable bonds is 5. The van der Waals surface area contributed by atoms with Crippen LogP contribution in [0.1, 0.15) is 6.92 Å². The number of hydrogen-bond acceptors (Lipinski definition) is 5. The number of nitrogens with zero attached hydrogens (tertiary/aromatic N) is 3. The maximum Gasteiger partial charge on any atom is 0.265 e. The van der Waals surface area contributed by atoms with Crippen LogP contribution in [0.3, 0.4) is 0 Å². The Morgan fingerprint density at radius 3 is 2.67 bits per heavy atom. The molecule has 1 aromatic heterocycles. The van der Waals surface area contributed by atoms with Gasteiger partial charge in [0.2, 0.25) is 0 Å². The average Bonchev–Trinajstić information content (AvgIpc) is 2.48. The molecule has 0 radical (unpaired) electrons. The summed E-state index contributed by atoms with van der Waals surface area (Å²) < 4.78 is 5.58. The molecule has 0 bridgehead atoms. The van der Waals surface area contributed by atoms with Gasteiger partial charge in [0, 0.05) is 14.1 Å². The van der Waals surface area contributed by atoms with Crippen molar-refractivity contribution in [1.29, 1.82) is 0 Å². The van der Waals surface area contributed by atoms with Gasteiger partial charge >= 0.3 is 0 Å². The Labute approximate surface area is 123 Å². The molecule has 0 fully saturated rings. The minimum atomic E-state index is -0.623. The van der Waals surface area contributed by atoms with Gasteiger partial charge in [-0.3, -0.25) is 4.79 Å². The minimum absolute atomic E-state index is 0.253. The van der Waals surface area contributed by atoms with Crippen LogP contribution in [-0.2, 0) is 4.79 Å². The van der Waals surface area contributed by atoms with Gasteiger partial charge in [0.1, 0.15) is 17.8 Å². The Morgan fingerprint density at radius 2 is 2.00 bits per heavy atom. The number of anilines is 2. The van der Waals surface area contributed by atoms with Crippen LogP contribution in [0.15, 0.2) is 42.9 Å². The summed E-state index contributed by atoms with van der Waals surface area (Å²) in [7, 11) is 3.70. The van der Waals surface area contributed by atoms with E-state index in [9.17, 15) is 4.79 Å². The van der Waals surface area contributed by atoms with Gasteiger partial charge in [-0.05, 0) is 19.1 Å². The van der Waals surface area contributed by atoms with E-state index in [0.29, 0.717) is 17.3 Å². The number of amides is 1. The van der Waals surface area contributed by atoms with E-state index in [0.717, 1.165) is 0 Å². The van der Waals surface area contributed by atoms with E-state index in [2.05, 4.69) is 15.3 Å². The molecule has 1 amide bonds. The van der Waals surface area contributed by atoms with Crippen LogP contribution in [0, 0.1) is 0 Å². The van der Waals surface area contributed by atoms with Crippen LogP contribution in [0.25, 0.3) is 0 Å². The fourth-order valence-electron chi connectivity index (χ4n) is 1.76. The fraction of sp³-hybridized carbons (Fsp3) is 0.267. The van der Waals surface area contributed by atoms with E-state index in [1.165, 1.54) is 6.33 Å². The van der Waals surface area contributed by atoms with Crippen molar-refractivity contribution in [3.63, 3.8) is 0 Å². The molecule has 0 saturated heterocycles. The average molecular weight is 286 g/mol. The number of benzene rings is 1. The third kappa shape index (κ3) is 3.92. The Bertz CT molecular complexity index is 602. The SMILES string of the molecule is C[C@H](Oc1ccccc1)C(=O)Nc1cncnc1N(C)C. The molecule has 1 atom stereocenters. The van der Waals surface area contributed by atoms with Crippen LogP contribution in [0.5, 0.6) is 5.75 Å². The zero-order valence-electron chi connectivity index (χ0n) is 12.3. The molecule has 6 heteroatoms. The Balaban J connectivity index is 2.04. The van der Waals surface area contributed by atoms with Crippen LogP contribution in [0.2, 0.25) is 0 Å². The van der Waals surface area contributed by atoms with Crippen molar-refractivity contribution < 1.29 is 9.53 Å². The molecule has 2 rings (SSSR count). The second-order valence-electron chi connectivity index (χ2n) is 4.72. The fourth-order valence-corrected chi connectivity index (χ4v) is 1.76. The molecule has 1 N–H and O–H groups in total. The summed E-state index contributed by atoms with van der Waals surface area (Å²) in [6, 6.07) is 9.22. The molecule has 2 aromatic rings. The maximum atomic E-state index is 12.2. The Hall–Kier alpha value is -2.63. The minimum Gasteiger partial charge on any atom is -0.481 e. The summed E-state index contributed by atoms with van der Waals surface area (Å²) in [5, 5.41) is 2.78. The monoisotopic (exact) mass is 286 g/mol. The summed E-state index contributed by atoms with van der Waals surface area (Å²) in [5.74, 6) is 1.04. The number of carbonyl (C=O) groups excluding carboxylic acids is 1. The lowest BCUT2D eigenvalue weighted by molar-refractivity contribution is -0.122. The first-order valence-corrected chi connectivity index (χ1v) is 6.58. The highest BCUT2D eigenvalue weighted by atomic mass is 16.5. The molecule has 0 unspecified atom stereocenters. The van der Waals surface area contributed by atoms with E-state index < -0.39 is 6.10 Å². The predicted octanol–water partition coefficient (Wildman–Crippen LogP) is 1.95. The third-order valence-electron chi connectivity index (χ3n) is 2.80. The maximum absolute atomic E-state index is 12.2. The van der Waals surface area contributed by atoms with Crippen molar-refractivity contribution in [2.45, 2.75) is 13.0 Å². The molecule has 0 aliphatic heterocycles. The standard InChI is InChI=1S/C15H18N4O2/c1-11(21-12-7-5-4-6-8-12)15(20)18-13-9-16-10-17-14(13)19(2)3/h4-11H,1-3H3,(H,18,20)/t11-/m0/s1. The lowest BCUT2D eigenvalue weighted by Gasteiger charge is -2.18. The normalized spacial score (nSPS) is 11.6. The smallest absolute Gasteiger partial charge is 0.265 e. The molecule has 110 valence electrons. The van der Waals surface area contributed by atoms with E-state index >= 15 is 0 Å².